The lowest BCUT2D eigenvalue weighted by atomic mass is 9.94. The fourth-order valence-electron chi connectivity index (χ4n) is 3.34. The second kappa shape index (κ2) is 7.01. The zero-order valence-corrected chi connectivity index (χ0v) is 19.2. The Hall–Kier alpha value is -0.906. The molecule has 1 aliphatic carbocycles. The second-order valence-corrected chi connectivity index (χ2v) is 15.7. The molecule has 1 nitrogen and oxygen atoms in total. The molecule has 2 rings (SSSR count). The van der Waals surface area contributed by atoms with Gasteiger partial charge in [-0.25, -0.2) is 0 Å². The van der Waals surface area contributed by atoms with Gasteiger partial charge in [-0.3, -0.25) is 0 Å². The summed E-state index contributed by atoms with van der Waals surface area (Å²) < 4.78 is 0. The van der Waals surface area contributed by atoms with E-state index >= 15 is 0 Å². The monoisotopic (exact) mass is 368 g/mol. The summed E-state index contributed by atoms with van der Waals surface area (Å²) in [4.78, 5) is 0. The van der Waals surface area contributed by atoms with E-state index in [2.05, 4.69) is 107 Å². The van der Waals surface area contributed by atoms with Gasteiger partial charge in [0.1, 0.15) is 0 Å². The number of benzene rings is 1. The molecule has 135 valence electrons. The summed E-state index contributed by atoms with van der Waals surface area (Å²) in [5, 5.41) is 7.04. The van der Waals surface area contributed by atoms with Gasteiger partial charge >= 0.3 is 0 Å². The summed E-state index contributed by atoms with van der Waals surface area (Å²) >= 11 is 0. The lowest BCUT2D eigenvalue weighted by molar-refractivity contribution is 0.386. The SMILES string of the molecule is CC(C)(C)NC(C1=C([Si](C)(C)C(C)(C)C)C=CC1)c1ccccc1[Si]. The first-order chi connectivity index (χ1) is 11.3. The molecule has 1 atom stereocenters. The van der Waals surface area contributed by atoms with E-state index in [-0.39, 0.29) is 11.6 Å². The van der Waals surface area contributed by atoms with E-state index in [1.165, 1.54) is 10.8 Å². The van der Waals surface area contributed by atoms with Crippen LogP contribution >= 0.6 is 0 Å². The van der Waals surface area contributed by atoms with Gasteiger partial charge < -0.3 is 5.32 Å². The van der Waals surface area contributed by atoms with E-state index < -0.39 is 8.07 Å². The number of rotatable bonds is 4. The number of hydrogen-bond donors (Lipinski definition) is 1. The summed E-state index contributed by atoms with van der Waals surface area (Å²) in [5.74, 6) is 0. The van der Waals surface area contributed by atoms with Crippen LogP contribution in [0.1, 0.15) is 59.6 Å². The maximum Gasteiger partial charge on any atom is 0.0859 e. The first-order valence-corrected chi connectivity index (χ1v) is 12.8. The molecular formula is C22H34NSi2. The third kappa shape index (κ3) is 4.44. The maximum atomic E-state index is 3.90. The Labute approximate surface area is 159 Å². The summed E-state index contributed by atoms with van der Waals surface area (Å²) in [6, 6.07) is 8.88. The molecule has 0 spiro atoms. The quantitative estimate of drug-likeness (QED) is 0.719. The second-order valence-electron chi connectivity index (χ2n) is 9.84. The minimum Gasteiger partial charge on any atom is -0.302 e. The Morgan fingerprint density at radius 1 is 1.04 bits per heavy atom. The minimum atomic E-state index is -1.59. The molecule has 0 bridgehead atoms. The van der Waals surface area contributed by atoms with Crippen LogP contribution in [0.4, 0.5) is 0 Å². The van der Waals surface area contributed by atoms with Gasteiger partial charge in [-0.1, -0.05) is 80.7 Å². The van der Waals surface area contributed by atoms with E-state index in [1.807, 2.05) is 0 Å². The molecule has 0 heterocycles. The molecule has 3 radical (unpaired) electrons. The molecule has 0 saturated heterocycles. The van der Waals surface area contributed by atoms with Crippen molar-refractivity contribution in [3.63, 3.8) is 0 Å². The van der Waals surface area contributed by atoms with E-state index in [4.69, 9.17) is 0 Å². The van der Waals surface area contributed by atoms with Crippen LogP contribution in [0.2, 0.25) is 18.1 Å². The lowest BCUT2D eigenvalue weighted by Crippen LogP contribution is -2.44. The summed E-state index contributed by atoms with van der Waals surface area (Å²) in [5.41, 5.74) is 2.95. The van der Waals surface area contributed by atoms with Gasteiger partial charge in [-0.15, -0.1) is 0 Å². The standard InChI is InChI=1S/C22H34NSi2/c1-21(2,3)23-20(16-12-9-10-14-18(16)24)17-13-11-15-19(17)25(7,8)22(4,5)6/h9-12,14-15,20,23H,13H2,1-8H3. The van der Waals surface area contributed by atoms with Crippen LogP contribution in [0.5, 0.6) is 0 Å². The van der Waals surface area contributed by atoms with E-state index in [0.717, 1.165) is 6.42 Å². The molecule has 1 aromatic carbocycles. The predicted octanol–water partition coefficient (Wildman–Crippen LogP) is 5.21. The highest BCUT2D eigenvalue weighted by Crippen LogP contribution is 2.46. The zero-order valence-electron chi connectivity index (χ0n) is 17.2. The van der Waals surface area contributed by atoms with E-state index in [0.29, 0.717) is 5.04 Å². The van der Waals surface area contributed by atoms with Crippen molar-refractivity contribution in [2.75, 3.05) is 0 Å². The van der Waals surface area contributed by atoms with Crippen molar-refractivity contribution in [1.29, 1.82) is 0 Å². The summed E-state index contributed by atoms with van der Waals surface area (Å²) in [7, 11) is 2.26. The zero-order chi connectivity index (χ0) is 19.0. The van der Waals surface area contributed by atoms with Crippen LogP contribution < -0.4 is 10.5 Å². The van der Waals surface area contributed by atoms with Crippen molar-refractivity contribution in [2.24, 2.45) is 0 Å². The molecule has 0 fully saturated rings. The Kier molecular flexibility index (Phi) is 5.72. The van der Waals surface area contributed by atoms with Crippen LogP contribution in [-0.4, -0.2) is 23.9 Å². The fourth-order valence-corrected chi connectivity index (χ4v) is 6.06. The molecule has 1 aliphatic rings. The van der Waals surface area contributed by atoms with Crippen LogP contribution in [-0.2, 0) is 0 Å². The first kappa shape index (κ1) is 20.4. The normalized spacial score (nSPS) is 17.3. The van der Waals surface area contributed by atoms with E-state index in [1.54, 1.807) is 10.8 Å². The number of nitrogens with one attached hydrogen (secondary N) is 1. The Bertz CT molecular complexity index is 685. The maximum absolute atomic E-state index is 3.90. The van der Waals surface area contributed by atoms with Crippen molar-refractivity contribution in [3.8, 4) is 0 Å². The van der Waals surface area contributed by atoms with E-state index in [9.17, 15) is 0 Å². The minimum absolute atomic E-state index is 0.0489. The molecule has 0 saturated carbocycles. The van der Waals surface area contributed by atoms with Crippen molar-refractivity contribution >= 4 is 23.5 Å². The summed E-state index contributed by atoms with van der Waals surface area (Å²) in [6.45, 7) is 19.0. The smallest absolute Gasteiger partial charge is 0.0859 e. The predicted molar refractivity (Wildman–Crippen MR) is 115 cm³/mol. The van der Waals surface area contributed by atoms with Crippen molar-refractivity contribution in [1.82, 2.24) is 5.32 Å². The van der Waals surface area contributed by atoms with Gasteiger partial charge in [0.25, 0.3) is 0 Å². The highest BCUT2D eigenvalue weighted by Gasteiger charge is 2.41. The highest BCUT2D eigenvalue weighted by atomic mass is 28.3. The molecular weight excluding hydrogens is 334 g/mol. The van der Waals surface area contributed by atoms with Gasteiger partial charge in [0.15, 0.2) is 0 Å². The molecule has 1 unspecified atom stereocenters. The Morgan fingerprint density at radius 3 is 2.16 bits per heavy atom. The van der Waals surface area contributed by atoms with Gasteiger partial charge in [-0.05, 0) is 43.4 Å². The molecule has 1 aromatic rings. The number of hydrogen-bond acceptors (Lipinski definition) is 1. The highest BCUT2D eigenvalue weighted by molar-refractivity contribution is 6.87. The van der Waals surface area contributed by atoms with Crippen LogP contribution in [0.3, 0.4) is 0 Å². The average molecular weight is 369 g/mol. The average Bonchev–Trinajstić information content (AvgIpc) is 2.93. The molecule has 0 aromatic heterocycles. The molecule has 0 aliphatic heterocycles. The molecule has 0 amide bonds. The largest absolute Gasteiger partial charge is 0.302 e. The van der Waals surface area contributed by atoms with Gasteiger partial charge in [0.2, 0.25) is 0 Å². The van der Waals surface area contributed by atoms with Gasteiger partial charge in [0, 0.05) is 5.54 Å². The lowest BCUT2D eigenvalue weighted by Gasteiger charge is -2.40. The van der Waals surface area contributed by atoms with Crippen molar-refractivity contribution in [3.05, 3.63) is 52.8 Å². The van der Waals surface area contributed by atoms with Crippen LogP contribution in [0.25, 0.3) is 0 Å². The summed E-state index contributed by atoms with van der Waals surface area (Å²) in [6.07, 6.45) is 5.83. The van der Waals surface area contributed by atoms with Crippen LogP contribution in [0.15, 0.2) is 47.2 Å². The van der Waals surface area contributed by atoms with Crippen molar-refractivity contribution < 1.29 is 0 Å². The van der Waals surface area contributed by atoms with Crippen LogP contribution in [0, 0.1) is 0 Å². The topological polar surface area (TPSA) is 12.0 Å². The molecule has 1 N–H and O–H groups in total. The third-order valence-electron chi connectivity index (χ3n) is 5.71. The van der Waals surface area contributed by atoms with Crippen molar-refractivity contribution in [2.45, 2.75) is 77.7 Å². The Balaban J connectivity index is 2.61. The van der Waals surface area contributed by atoms with Gasteiger partial charge in [0.05, 0.1) is 24.4 Å². The third-order valence-corrected chi connectivity index (χ3v) is 11.8. The number of allylic oxidation sites excluding steroid dienone is 3. The fraction of sp³-hybridized carbons (Fsp3) is 0.545. The van der Waals surface area contributed by atoms with Gasteiger partial charge in [-0.2, -0.15) is 0 Å². The molecule has 25 heavy (non-hydrogen) atoms. The first-order valence-electron chi connectivity index (χ1n) is 9.33. The Morgan fingerprint density at radius 2 is 1.64 bits per heavy atom. The molecule has 3 heteroatoms.